The van der Waals surface area contributed by atoms with E-state index in [-0.39, 0.29) is 0 Å². The van der Waals surface area contributed by atoms with E-state index in [0.717, 1.165) is 25.0 Å². The van der Waals surface area contributed by atoms with Gasteiger partial charge in [-0.3, -0.25) is 0 Å². The average Bonchev–Trinajstić information content (AvgIpc) is 2.99. The Morgan fingerprint density at radius 2 is 2.15 bits per heavy atom. The van der Waals surface area contributed by atoms with Gasteiger partial charge in [-0.15, -0.1) is 11.6 Å². The fraction of sp³-hybridized carbons (Fsp3) is 1.00. The van der Waals surface area contributed by atoms with E-state index in [9.17, 15) is 0 Å². The average molecular weight is 203 g/mol. The van der Waals surface area contributed by atoms with E-state index in [2.05, 4.69) is 0 Å². The monoisotopic (exact) mass is 202 g/mol. The van der Waals surface area contributed by atoms with Gasteiger partial charge in [0.15, 0.2) is 0 Å². The third-order valence-electron chi connectivity index (χ3n) is 3.24. The molecule has 0 bridgehead atoms. The lowest BCUT2D eigenvalue weighted by molar-refractivity contribution is 0.0507. The molecule has 1 saturated heterocycles. The van der Waals surface area contributed by atoms with Crippen LogP contribution in [-0.4, -0.2) is 18.6 Å². The molecule has 0 N–H and O–H groups in total. The van der Waals surface area contributed by atoms with Crippen molar-refractivity contribution in [3.63, 3.8) is 0 Å². The van der Waals surface area contributed by atoms with Gasteiger partial charge in [0.05, 0.1) is 0 Å². The van der Waals surface area contributed by atoms with Crippen molar-refractivity contribution >= 4 is 11.6 Å². The molecule has 2 atom stereocenters. The van der Waals surface area contributed by atoms with Crippen molar-refractivity contribution in [2.45, 2.75) is 43.9 Å². The van der Waals surface area contributed by atoms with Gasteiger partial charge in [-0.2, -0.15) is 0 Å². The molecule has 76 valence electrons. The molecule has 0 amide bonds. The van der Waals surface area contributed by atoms with Gasteiger partial charge in [0.1, 0.15) is 0 Å². The van der Waals surface area contributed by atoms with E-state index < -0.39 is 0 Å². The highest BCUT2D eigenvalue weighted by Gasteiger charge is 2.29. The van der Waals surface area contributed by atoms with Crippen molar-refractivity contribution in [3.05, 3.63) is 0 Å². The molecule has 1 aliphatic heterocycles. The molecule has 2 rings (SSSR count). The van der Waals surface area contributed by atoms with Crippen LogP contribution in [-0.2, 0) is 4.74 Å². The predicted octanol–water partition coefficient (Wildman–Crippen LogP) is 3.21. The van der Waals surface area contributed by atoms with E-state index in [1.165, 1.54) is 38.5 Å². The highest BCUT2D eigenvalue weighted by molar-refractivity contribution is 6.20. The van der Waals surface area contributed by atoms with Crippen LogP contribution in [0, 0.1) is 11.8 Å². The summed E-state index contributed by atoms with van der Waals surface area (Å²) in [5.74, 6) is 1.65. The Labute approximate surface area is 85.8 Å². The van der Waals surface area contributed by atoms with E-state index in [0.29, 0.717) is 5.38 Å². The van der Waals surface area contributed by atoms with E-state index in [1.807, 2.05) is 0 Å². The molecule has 2 aliphatic rings. The lowest BCUT2D eigenvalue weighted by Crippen LogP contribution is -2.18. The van der Waals surface area contributed by atoms with Gasteiger partial charge in [0, 0.05) is 18.6 Å². The van der Waals surface area contributed by atoms with Gasteiger partial charge in [-0.1, -0.05) is 0 Å². The highest BCUT2D eigenvalue weighted by atomic mass is 35.5. The van der Waals surface area contributed by atoms with E-state index in [1.54, 1.807) is 0 Å². The number of rotatable bonds is 4. The van der Waals surface area contributed by atoms with Crippen molar-refractivity contribution < 1.29 is 4.74 Å². The zero-order chi connectivity index (χ0) is 9.10. The maximum Gasteiger partial charge on any atom is 0.0494 e. The van der Waals surface area contributed by atoms with Crippen LogP contribution in [0.25, 0.3) is 0 Å². The number of hydrogen-bond donors (Lipinski definition) is 0. The van der Waals surface area contributed by atoms with Crippen molar-refractivity contribution in [2.75, 3.05) is 13.2 Å². The van der Waals surface area contributed by atoms with Crippen molar-refractivity contribution in [3.8, 4) is 0 Å². The summed E-state index contributed by atoms with van der Waals surface area (Å²) in [7, 11) is 0. The van der Waals surface area contributed by atoms with Gasteiger partial charge in [0.2, 0.25) is 0 Å². The normalized spacial score (nSPS) is 31.6. The molecule has 13 heavy (non-hydrogen) atoms. The minimum absolute atomic E-state index is 0.460. The first-order valence-corrected chi connectivity index (χ1v) is 6.01. The molecule has 0 aromatic carbocycles. The quantitative estimate of drug-likeness (QED) is 0.637. The summed E-state index contributed by atoms with van der Waals surface area (Å²) >= 11 is 6.26. The number of alkyl halides is 1. The maximum absolute atomic E-state index is 6.26. The number of ether oxygens (including phenoxy) is 1. The summed E-state index contributed by atoms with van der Waals surface area (Å²) in [5.41, 5.74) is 0. The standard InChI is InChI=1S/C11H19ClO/c12-11(10-4-5-10)6-3-9-2-1-7-13-8-9/h9-11H,1-8H2. The van der Waals surface area contributed by atoms with E-state index >= 15 is 0 Å². The second kappa shape index (κ2) is 4.65. The third kappa shape index (κ3) is 3.14. The SMILES string of the molecule is ClC(CCC1CCCOC1)C1CC1. The Kier molecular flexibility index (Phi) is 3.51. The Hall–Kier alpha value is 0.250. The highest BCUT2D eigenvalue weighted by Crippen LogP contribution is 2.38. The molecule has 0 radical (unpaired) electrons. The molecule has 2 heteroatoms. The summed E-state index contributed by atoms with van der Waals surface area (Å²) in [4.78, 5) is 0. The molecule has 0 aromatic heterocycles. The Morgan fingerprint density at radius 1 is 1.31 bits per heavy atom. The second-order valence-electron chi connectivity index (χ2n) is 4.51. The first-order valence-electron chi connectivity index (χ1n) is 5.58. The second-order valence-corrected chi connectivity index (χ2v) is 5.07. The molecule has 1 heterocycles. The summed E-state index contributed by atoms with van der Waals surface area (Å²) in [6.07, 6.45) is 7.84. The molecule has 1 aliphatic carbocycles. The van der Waals surface area contributed by atoms with Gasteiger partial charge in [0.25, 0.3) is 0 Å². The minimum atomic E-state index is 0.460. The van der Waals surface area contributed by atoms with Gasteiger partial charge < -0.3 is 4.74 Å². The molecule has 1 nitrogen and oxygen atoms in total. The Morgan fingerprint density at radius 3 is 2.77 bits per heavy atom. The van der Waals surface area contributed by atoms with Crippen LogP contribution in [0.15, 0.2) is 0 Å². The van der Waals surface area contributed by atoms with Gasteiger partial charge in [-0.05, 0) is 50.4 Å². The molecule has 2 fully saturated rings. The van der Waals surface area contributed by atoms with Crippen LogP contribution >= 0.6 is 11.6 Å². The lowest BCUT2D eigenvalue weighted by atomic mass is 9.95. The molecule has 0 aromatic rings. The van der Waals surface area contributed by atoms with Crippen LogP contribution < -0.4 is 0 Å². The number of hydrogen-bond acceptors (Lipinski definition) is 1. The first kappa shape index (κ1) is 9.79. The minimum Gasteiger partial charge on any atom is -0.381 e. The first-order chi connectivity index (χ1) is 6.36. The number of halogens is 1. The molecule has 0 spiro atoms. The topological polar surface area (TPSA) is 9.23 Å². The third-order valence-corrected chi connectivity index (χ3v) is 3.81. The van der Waals surface area contributed by atoms with Crippen LogP contribution in [0.5, 0.6) is 0 Å². The van der Waals surface area contributed by atoms with Gasteiger partial charge >= 0.3 is 0 Å². The van der Waals surface area contributed by atoms with Crippen LogP contribution in [0.2, 0.25) is 0 Å². The summed E-state index contributed by atoms with van der Waals surface area (Å²) in [5, 5.41) is 0.460. The van der Waals surface area contributed by atoms with Crippen molar-refractivity contribution in [1.29, 1.82) is 0 Å². The predicted molar refractivity (Wildman–Crippen MR) is 55.1 cm³/mol. The maximum atomic E-state index is 6.26. The van der Waals surface area contributed by atoms with Gasteiger partial charge in [-0.25, -0.2) is 0 Å². The zero-order valence-electron chi connectivity index (χ0n) is 8.18. The lowest BCUT2D eigenvalue weighted by Gasteiger charge is -2.22. The molecular weight excluding hydrogens is 184 g/mol. The van der Waals surface area contributed by atoms with Crippen LogP contribution in [0.4, 0.5) is 0 Å². The summed E-state index contributed by atoms with van der Waals surface area (Å²) in [6, 6.07) is 0. The van der Waals surface area contributed by atoms with Crippen LogP contribution in [0.1, 0.15) is 38.5 Å². The Bertz CT molecular complexity index is 150. The largest absolute Gasteiger partial charge is 0.381 e. The van der Waals surface area contributed by atoms with Crippen LogP contribution in [0.3, 0.4) is 0 Å². The smallest absolute Gasteiger partial charge is 0.0494 e. The zero-order valence-corrected chi connectivity index (χ0v) is 8.93. The molecular formula is C11H19ClO. The summed E-state index contributed by atoms with van der Waals surface area (Å²) < 4.78 is 5.45. The molecule has 2 unspecified atom stereocenters. The fourth-order valence-corrected chi connectivity index (χ4v) is 2.50. The fourth-order valence-electron chi connectivity index (χ4n) is 2.12. The molecule has 1 saturated carbocycles. The van der Waals surface area contributed by atoms with Crippen molar-refractivity contribution in [1.82, 2.24) is 0 Å². The van der Waals surface area contributed by atoms with Crippen molar-refractivity contribution in [2.24, 2.45) is 11.8 Å². The Balaban J connectivity index is 1.60. The van der Waals surface area contributed by atoms with E-state index in [4.69, 9.17) is 16.3 Å². The summed E-state index contributed by atoms with van der Waals surface area (Å²) in [6.45, 7) is 1.96.